The molecule has 1 fully saturated rings. The summed E-state index contributed by atoms with van der Waals surface area (Å²) in [5.74, 6) is -3.34. The highest BCUT2D eigenvalue weighted by Crippen LogP contribution is 2.41. The van der Waals surface area contributed by atoms with E-state index in [1.165, 1.54) is 23.1 Å². The molecular formula is C25H30FN3O5. The maximum absolute atomic E-state index is 14.9. The molecule has 0 bridgehead atoms. The highest BCUT2D eigenvalue weighted by molar-refractivity contribution is 6.46. The second kappa shape index (κ2) is 10.2. The number of ether oxygens (including phenoxy) is 1. The number of halogens is 1. The van der Waals surface area contributed by atoms with Crippen LogP contribution in [0.25, 0.3) is 5.76 Å². The lowest BCUT2D eigenvalue weighted by Crippen LogP contribution is -2.32. The number of H-pyrrole nitrogens is 1. The number of hydrogen-bond donors (Lipinski definition) is 2. The summed E-state index contributed by atoms with van der Waals surface area (Å²) in [5.41, 5.74) is 1.06. The second-order valence-corrected chi connectivity index (χ2v) is 8.52. The van der Waals surface area contributed by atoms with E-state index < -0.39 is 35.3 Å². The van der Waals surface area contributed by atoms with Crippen molar-refractivity contribution in [2.45, 2.75) is 33.2 Å². The Labute approximate surface area is 198 Å². The van der Waals surface area contributed by atoms with Gasteiger partial charge in [0, 0.05) is 23.4 Å². The average Bonchev–Trinajstić information content (AvgIpc) is 3.21. The summed E-state index contributed by atoms with van der Waals surface area (Å²) in [4.78, 5) is 44.6. The van der Waals surface area contributed by atoms with Gasteiger partial charge in [0.1, 0.15) is 17.3 Å². The zero-order valence-electron chi connectivity index (χ0n) is 20.1. The van der Waals surface area contributed by atoms with Crippen LogP contribution in [0.3, 0.4) is 0 Å². The van der Waals surface area contributed by atoms with E-state index in [9.17, 15) is 23.9 Å². The molecule has 8 nitrogen and oxygen atoms in total. The summed E-state index contributed by atoms with van der Waals surface area (Å²) in [6.07, 6.45) is 0.556. The Bertz CT molecular complexity index is 1150. The van der Waals surface area contributed by atoms with Gasteiger partial charge in [0.25, 0.3) is 11.7 Å². The predicted octanol–water partition coefficient (Wildman–Crippen LogP) is 3.32. The van der Waals surface area contributed by atoms with Gasteiger partial charge in [0.05, 0.1) is 18.2 Å². The molecule has 1 aromatic heterocycles. The van der Waals surface area contributed by atoms with Crippen LogP contribution in [0.5, 0.6) is 0 Å². The van der Waals surface area contributed by atoms with Gasteiger partial charge in [-0.3, -0.25) is 9.59 Å². The van der Waals surface area contributed by atoms with E-state index in [0.717, 1.165) is 0 Å². The van der Waals surface area contributed by atoms with Gasteiger partial charge >= 0.3 is 5.97 Å². The molecule has 0 aliphatic carbocycles. The van der Waals surface area contributed by atoms with Crippen LogP contribution in [0.1, 0.15) is 52.3 Å². The second-order valence-electron chi connectivity index (χ2n) is 8.52. The van der Waals surface area contributed by atoms with Gasteiger partial charge in [0.15, 0.2) is 0 Å². The Morgan fingerprint density at radius 3 is 2.53 bits per heavy atom. The van der Waals surface area contributed by atoms with Crippen LogP contribution >= 0.6 is 0 Å². The number of benzene rings is 1. The maximum Gasteiger partial charge on any atom is 0.355 e. The molecule has 1 atom stereocenters. The smallest absolute Gasteiger partial charge is 0.355 e. The minimum atomic E-state index is -1.09. The molecule has 0 saturated carbocycles. The summed E-state index contributed by atoms with van der Waals surface area (Å²) in [5, 5.41) is 11.3. The first-order valence-electron chi connectivity index (χ1n) is 11.1. The summed E-state index contributed by atoms with van der Waals surface area (Å²) >= 11 is 0. The first-order valence-corrected chi connectivity index (χ1v) is 11.1. The molecule has 1 saturated heterocycles. The number of rotatable bonds is 8. The third-order valence-corrected chi connectivity index (χ3v) is 5.90. The molecule has 2 aromatic rings. The van der Waals surface area contributed by atoms with Crippen LogP contribution in [0.2, 0.25) is 0 Å². The number of carbonyl (C=O) groups is 3. The molecule has 3 rings (SSSR count). The topological polar surface area (TPSA) is 103 Å². The molecular weight excluding hydrogens is 441 g/mol. The summed E-state index contributed by atoms with van der Waals surface area (Å²) in [6.45, 7) is 5.95. The molecule has 1 amide bonds. The van der Waals surface area contributed by atoms with Gasteiger partial charge in [0.2, 0.25) is 0 Å². The average molecular weight is 472 g/mol. The number of ketones is 1. The Balaban J connectivity index is 2.18. The zero-order valence-corrected chi connectivity index (χ0v) is 20.1. The summed E-state index contributed by atoms with van der Waals surface area (Å²) < 4.78 is 19.9. The highest BCUT2D eigenvalue weighted by atomic mass is 19.1. The molecule has 182 valence electrons. The molecule has 1 aromatic carbocycles. The summed E-state index contributed by atoms with van der Waals surface area (Å²) in [7, 11) is 3.78. The van der Waals surface area contributed by atoms with Gasteiger partial charge < -0.3 is 24.6 Å². The maximum atomic E-state index is 14.9. The summed E-state index contributed by atoms with van der Waals surface area (Å²) in [6, 6.07) is 4.79. The lowest BCUT2D eigenvalue weighted by atomic mass is 9.93. The van der Waals surface area contributed by atoms with E-state index in [1.54, 1.807) is 26.8 Å². The first-order chi connectivity index (χ1) is 16.1. The number of aryl methyl sites for hydroxylation is 1. The SMILES string of the molecule is CCOC(=O)c1[nH]c(C)c(/C(O)=C2\C(=O)C(=O)N(CCCN(C)C)[C@@H]2c2ccccc2F)c1C. The van der Waals surface area contributed by atoms with Crippen LogP contribution in [-0.2, 0) is 14.3 Å². The minimum Gasteiger partial charge on any atom is -0.507 e. The van der Waals surface area contributed by atoms with Crippen LogP contribution in [0, 0.1) is 19.7 Å². The molecule has 1 aliphatic rings. The monoisotopic (exact) mass is 471 g/mol. The lowest BCUT2D eigenvalue weighted by Gasteiger charge is -2.26. The van der Waals surface area contributed by atoms with Gasteiger partial charge in [-0.2, -0.15) is 0 Å². The van der Waals surface area contributed by atoms with Crippen LogP contribution in [-0.4, -0.2) is 71.3 Å². The Hall–Kier alpha value is -3.46. The molecule has 0 unspecified atom stereocenters. The number of aromatic amines is 1. The Kier molecular flexibility index (Phi) is 7.56. The number of amides is 1. The fourth-order valence-corrected chi connectivity index (χ4v) is 4.34. The van der Waals surface area contributed by atoms with Crippen molar-refractivity contribution in [3.63, 3.8) is 0 Å². The number of carbonyl (C=O) groups excluding carboxylic acids is 3. The Morgan fingerprint density at radius 1 is 1.24 bits per heavy atom. The number of aromatic nitrogens is 1. The van der Waals surface area contributed by atoms with Crippen molar-refractivity contribution in [3.05, 3.63) is 63.7 Å². The van der Waals surface area contributed by atoms with Gasteiger partial charge in [-0.25, -0.2) is 9.18 Å². The third-order valence-electron chi connectivity index (χ3n) is 5.90. The standard InChI is InChI=1S/C25H30FN3O5/c1-6-34-25(33)20-14(2)18(15(3)27-20)22(30)19-21(16-10-7-8-11-17(16)26)29(24(32)23(19)31)13-9-12-28(4)5/h7-8,10-11,21,27,30H,6,9,12-13H2,1-5H3/b22-19+/t21-/m1/s1. The van der Waals surface area contributed by atoms with Crippen molar-refractivity contribution >= 4 is 23.4 Å². The van der Waals surface area contributed by atoms with E-state index in [2.05, 4.69) is 4.98 Å². The van der Waals surface area contributed by atoms with Gasteiger partial charge in [-0.05, 0) is 59.5 Å². The fourth-order valence-electron chi connectivity index (χ4n) is 4.34. The Morgan fingerprint density at radius 2 is 1.91 bits per heavy atom. The molecule has 2 heterocycles. The van der Waals surface area contributed by atoms with E-state index >= 15 is 0 Å². The van der Waals surface area contributed by atoms with Gasteiger partial charge in [-0.15, -0.1) is 0 Å². The predicted molar refractivity (Wildman–Crippen MR) is 125 cm³/mol. The minimum absolute atomic E-state index is 0.115. The molecule has 0 spiro atoms. The normalized spacial score (nSPS) is 17.6. The van der Waals surface area contributed by atoms with Crippen LogP contribution in [0.15, 0.2) is 29.8 Å². The van der Waals surface area contributed by atoms with E-state index in [-0.39, 0.29) is 35.5 Å². The molecule has 2 N–H and O–H groups in total. The van der Waals surface area contributed by atoms with E-state index in [4.69, 9.17) is 4.74 Å². The van der Waals surface area contributed by atoms with Crippen molar-refractivity contribution in [3.8, 4) is 0 Å². The number of likely N-dealkylation sites (tertiary alicyclic amines) is 1. The van der Waals surface area contributed by atoms with Crippen LogP contribution in [0.4, 0.5) is 4.39 Å². The molecule has 1 aliphatic heterocycles. The van der Waals surface area contributed by atoms with Crippen molar-refractivity contribution in [1.29, 1.82) is 0 Å². The number of Topliss-reactive ketones (excluding diaryl/α,β-unsaturated/α-hetero) is 1. The number of hydrogen-bond acceptors (Lipinski definition) is 6. The lowest BCUT2D eigenvalue weighted by molar-refractivity contribution is -0.140. The number of aliphatic hydroxyl groups excluding tert-OH is 1. The highest BCUT2D eigenvalue weighted by Gasteiger charge is 2.47. The molecule has 0 radical (unpaired) electrons. The first kappa shape index (κ1) is 25.2. The largest absolute Gasteiger partial charge is 0.507 e. The molecule has 34 heavy (non-hydrogen) atoms. The van der Waals surface area contributed by atoms with Gasteiger partial charge in [-0.1, -0.05) is 18.2 Å². The number of nitrogens with zero attached hydrogens (tertiary/aromatic N) is 2. The number of esters is 1. The van der Waals surface area contributed by atoms with E-state index in [1.807, 2.05) is 19.0 Å². The van der Waals surface area contributed by atoms with Crippen molar-refractivity contribution in [2.24, 2.45) is 0 Å². The van der Waals surface area contributed by atoms with Crippen LogP contribution < -0.4 is 0 Å². The van der Waals surface area contributed by atoms with Crippen molar-refractivity contribution in [2.75, 3.05) is 33.8 Å². The zero-order chi connectivity index (χ0) is 25.2. The quantitative estimate of drug-likeness (QED) is 0.265. The fraction of sp³-hybridized carbons (Fsp3) is 0.400. The molecule has 9 heteroatoms. The van der Waals surface area contributed by atoms with Crippen molar-refractivity contribution in [1.82, 2.24) is 14.8 Å². The number of nitrogens with one attached hydrogen (secondary N) is 1. The number of aliphatic hydroxyl groups is 1. The third kappa shape index (κ3) is 4.61. The van der Waals surface area contributed by atoms with E-state index in [0.29, 0.717) is 24.2 Å². The van der Waals surface area contributed by atoms with Crippen molar-refractivity contribution < 1.29 is 28.6 Å².